The molecule has 0 unspecified atom stereocenters. The number of benzene rings is 1. The van der Waals surface area contributed by atoms with E-state index in [0.717, 1.165) is 13.3 Å². The second-order valence-corrected chi connectivity index (χ2v) is 18.0. The minimum Gasteiger partial charge on any atom is -0.550 e. The number of aromatic amines is 1. The van der Waals surface area contributed by atoms with E-state index in [1.54, 1.807) is 13.8 Å². The summed E-state index contributed by atoms with van der Waals surface area (Å²) in [5.74, 6) is -14.2. The van der Waals surface area contributed by atoms with Crippen LogP contribution in [0.25, 0.3) is 0 Å². The zero-order chi connectivity index (χ0) is 55.1. The highest BCUT2D eigenvalue weighted by molar-refractivity contribution is 5.99. The van der Waals surface area contributed by atoms with Gasteiger partial charge in [-0.2, -0.15) is 0 Å². The number of rotatable bonds is 32. The fraction of sp³-hybridized carbons (Fsp3) is 0.556. The number of nitrogens with one attached hydrogen (secondary N) is 9. The molecule has 2 rings (SSSR count). The van der Waals surface area contributed by atoms with Crippen LogP contribution in [0.1, 0.15) is 78.0 Å². The van der Waals surface area contributed by atoms with Crippen molar-refractivity contribution in [2.75, 3.05) is 13.1 Å². The summed E-state index contributed by atoms with van der Waals surface area (Å²) >= 11 is 0. The maximum atomic E-state index is 14.1. The van der Waals surface area contributed by atoms with E-state index < -0.39 is 151 Å². The van der Waals surface area contributed by atoms with Crippen LogP contribution in [0.5, 0.6) is 5.75 Å². The largest absolute Gasteiger partial charge is 0.550 e. The summed E-state index contributed by atoms with van der Waals surface area (Å²) in [6.45, 7) is 7.24. The van der Waals surface area contributed by atoms with Crippen molar-refractivity contribution in [2.24, 2.45) is 17.6 Å². The Morgan fingerprint density at radius 2 is 1.16 bits per heavy atom. The molecule has 1 aromatic carbocycles. The molecule has 404 valence electrons. The van der Waals surface area contributed by atoms with Crippen molar-refractivity contribution >= 4 is 65.1 Å². The second-order valence-electron chi connectivity index (χ2n) is 18.0. The number of carboxylic acid groups (broad SMARTS) is 2. The number of hydrogen-bond donors (Lipinski definition) is 14. The van der Waals surface area contributed by atoms with Crippen LogP contribution in [0.15, 0.2) is 36.8 Å². The van der Waals surface area contributed by atoms with Gasteiger partial charge in [-0.25, -0.2) is 4.98 Å². The van der Waals surface area contributed by atoms with Gasteiger partial charge in [0.05, 0.1) is 44.0 Å². The number of hydrogen-bond acceptors (Lipinski definition) is 16. The Hall–Kier alpha value is -7.72. The van der Waals surface area contributed by atoms with Gasteiger partial charge in [-0.1, -0.05) is 39.8 Å². The lowest BCUT2D eigenvalue weighted by Gasteiger charge is -2.30. The summed E-state index contributed by atoms with van der Waals surface area (Å²) in [6.07, 6.45) is 0.132. The van der Waals surface area contributed by atoms with Crippen molar-refractivity contribution in [3.05, 3.63) is 48.0 Å². The average Bonchev–Trinajstić information content (AvgIpc) is 3.83. The number of aliphatic hydroxyl groups is 1. The van der Waals surface area contributed by atoms with Crippen molar-refractivity contribution < 1.29 is 84.6 Å². The molecule has 9 atom stereocenters. The topological polar surface area (TPSA) is 481 Å². The molecular weight excluding hydrogens is 963 g/mol. The van der Waals surface area contributed by atoms with E-state index in [4.69, 9.17) is 5.73 Å². The Morgan fingerprint density at radius 3 is 1.66 bits per heavy atom. The van der Waals surface area contributed by atoms with Crippen LogP contribution in [-0.4, -0.2) is 153 Å². The molecule has 1 aromatic heterocycles. The van der Waals surface area contributed by atoms with Crippen LogP contribution in [-0.2, 0) is 65.6 Å². The van der Waals surface area contributed by atoms with E-state index in [9.17, 15) is 73.2 Å². The predicted molar refractivity (Wildman–Crippen MR) is 249 cm³/mol. The number of carboxylic acids is 2. The molecular formula is C45H69N13O15. The van der Waals surface area contributed by atoms with Gasteiger partial charge < -0.3 is 94.7 Å². The van der Waals surface area contributed by atoms with Gasteiger partial charge in [0.1, 0.15) is 42.0 Å². The smallest absolute Gasteiger partial charge is 0.278 e. The molecule has 0 aliphatic heterocycles. The fourth-order valence-corrected chi connectivity index (χ4v) is 6.95. The van der Waals surface area contributed by atoms with Gasteiger partial charge in [-0.3, -0.25) is 43.2 Å². The maximum Gasteiger partial charge on any atom is 0.278 e. The molecule has 0 spiro atoms. The van der Waals surface area contributed by atoms with E-state index in [-0.39, 0.29) is 24.3 Å². The lowest BCUT2D eigenvalue weighted by atomic mass is 9.98. The van der Waals surface area contributed by atoms with Crippen molar-refractivity contribution in [3.63, 3.8) is 0 Å². The van der Waals surface area contributed by atoms with Gasteiger partial charge in [0, 0.05) is 43.5 Å². The van der Waals surface area contributed by atoms with E-state index >= 15 is 0 Å². The highest BCUT2D eigenvalue weighted by Crippen LogP contribution is 2.14. The Balaban J connectivity index is 2.32. The number of quaternary nitrogens is 2. The number of unbranched alkanes of at least 4 members (excludes halogenated alkanes) is 1. The van der Waals surface area contributed by atoms with Crippen molar-refractivity contribution in [1.29, 1.82) is 0 Å². The third-order valence-corrected chi connectivity index (χ3v) is 11.1. The lowest BCUT2D eigenvalue weighted by molar-refractivity contribution is -0.406. The first-order chi connectivity index (χ1) is 34.2. The minimum atomic E-state index is -1.99. The zero-order valence-corrected chi connectivity index (χ0v) is 41.3. The van der Waals surface area contributed by atoms with Crippen LogP contribution in [0.2, 0.25) is 0 Å². The number of aromatic hydroxyl groups is 1. The molecule has 0 bridgehead atoms. The minimum absolute atomic E-state index is 0.122. The van der Waals surface area contributed by atoms with Gasteiger partial charge >= 0.3 is 0 Å². The molecule has 9 amide bonds. The summed E-state index contributed by atoms with van der Waals surface area (Å²) in [7, 11) is 0. The van der Waals surface area contributed by atoms with E-state index in [0.29, 0.717) is 24.9 Å². The Labute approximate surface area is 419 Å². The van der Waals surface area contributed by atoms with E-state index in [2.05, 4.69) is 64.0 Å². The first-order valence-corrected chi connectivity index (χ1v) is 23.4. The molecule has 0 fully saturated rings. The van der Waals surface area contributed by atoms with Gasteiger partial charge in [0.15, 0.2) is 6.04 Å². The molecule has 1 heterocycles. The highest BCUT2D eigenvalue weighted by atomic mass is 16.4. The number of aliphatic carboxylic acids is 2. The maximum absolute atomic E-state index is 14.1. The number of aromatic nitrogens is 2. The Bertz CT molecular complexity index is 2220. The van der Waals surface area contributed by atoms with Crippen LogP contribution < -0.4 is 69.9 Å². The number of H-pyrrole nitrogens is 1. The van der Waals surface area contributed by atoms with Crippen LogP contribution in [0.3, 0.4) is 0 Å². The number of phenols is 1. The monoisotopic (exact) mass is 1030 g/mol. The van der Waals surface area contributed by atoms with Gasteiger partial charge in [-0.05, 0) is 49.3 Å². The number of primary amides is 1. The third-order valence-electron chi connectivity index (χ3n) is 11.1. The number of phenolic OH excluding ortho intramolecular Hbond substituents is 1. The first-order valence-electron chi connectivity index (χ1n) is 23.4. The molecule has 28 nitrogen and oxygen atoms in total. The number of nitrogens with zero attached hydrogens (tertiary/aromatic N) is 1. The third kappa shape index (κ3) is 21.7. The van der Waals surface area contributed by atoms with Crippen molar-refractivity contribution in [1.82, 2.24) is 52.5 Å². The quantitative estimate of drug-likeness (QED) is 0.0303. The predicted octanol–water partition coefficient (Wildman–Crippen LogP) is -9.11. The summed E-state index contributed by atoms with van der Waals surface area (Å²) in [6, 6.07) is -6.93. The van der Waals surface area contributed by atoms with Crippen LogP contribution in [0.4, 0.5) is 0 Å². The molecule has 0 aliphatic rings. The standard InChI is InChI=1S/C45H69N13O15/c1-21(2)35(56-41(68)28(14-24-9-11-26(60)12-10-24)53-39(66)29(16-32(48)61)52-33(62)19-50-38(65)27(47)8-6-7-13-46)42(69)57-36(22(3)4)43(70)58-37(23(5)59)44(71)54-30(17-34(63)64)40(67)55-31(45(72)73)15-25-18-49-20-51-25/h9-12,18,20-23,27-31,35-37,59-60H,6-8,13-17,19,46-47H2,1-5H3,(H2,48,61)(H,49,51)(H,50,65)(H,52,62)(H,53,66)(H,54,71)(H,55,67)(H,56,68)(H,57,69)(H,58,70)(H,63,64)(H,72,73)/t23-,27+,28+,29+,30+,31+,35+,36+,37+/m1/s1. The molecule has 0 radical (unpaired) electrons. The second kappa shape index (κ2) is 30.2. The van der Waals surface area contributed by atoms with Crippen LogP contribution in [0, 0.1) is 11.8 Å². The molecule has 73 heavy (non-hydrogen) atoms. The number of carbonyl (C=O) groups is 11. The summed E-state index contributed by atoms with van der Waals surface area (Å²) in [5, 5.41) is 62.6. The van der Waals surface area contributed by atoms with Crippen molar-refractivity contribution in [2.45, 2.75) is 134 Å². The number of amides is 9. The molecule has 28 heteroatoms. The molecule has 19 N–H and O–H groups in total. The molecule has 2 aromatic rings. The first kappa shape index (κ1) is 61.4. The number of carbonyl (C=O) groups excluding carboxylic acids is 11. The summed E-state index contributed by atoms with van der Waals surface area (Å²) < 4.78 is 0. The molecule has 0 saturated carbocycles. The SMILES string of the molecule is CC(C)[C@H](NC(=O)[C@H](Cc1ccc(O)cc1)NC(=O)[C@H](CC(N)=O)NC(=O)CNC(=O)[C@@H]([NH3+])CCCC[NH3+])C(=O)N[C@H](C(=O)N[C@H](C(=O)N[C@@H](CC(=O)[O-])C(=O)N[C@@H](Cc1cnc[nH]1)C(=O)[O-])[C@@H](C)O)C(C)C. The number of aliphatic hydroxyl groups excluding tert-OH is 1. The summed E-state index contributed by atoms with van der Waals surface area (Å²) in [4.78, 5) is 150. The molecule has 0 saturated heterocycles. The fourth-order valence-electron chi connectivity index (χ4n) is 6.95. The highest BCUT2D eigenvalue weighted by Gasteiger charge is 2.37. The van der Waals surface area contributed by atoms with Gasteiger partial charge in [-0.15, -0.1) is 0 Å². The number of imidazole rings is 1. The van der Waals surface area contributed by atoms with Crippen LogP contribution >= 0.6 is 0 Å². The summed E-state index contributed by atoms with van der Waals surface area (Å²) in [5.41, 5.74) is 13.6. The Kier molecular flexibility index (Phi) is 25.4. The normalized spacial score (nSPS) is 14.8. The van der Waals surface area contributed by atoms with Gasteiger partial charge in [0.25, 0.3) is 5.91 Å². The molecule has 0 aliphatic carbocycles. The lowest BCUT2D eigenvalue weighted by Crippen LogP contribution is -2.68. The van der Waals surface area contributed by atoms with Gasteiger partial charge in [0.2, 0.25) is 47.3 Å². The van der Waals surface area contributed by atoms with E-state index in [1.807, 2.05) is 0 Å². The average molecular weight is 1030 g/mol. The van der Waals surface area contributed by atoms with Crippen molar-refractivity contribution in [3.8, 4) is 5.75 Å². The zero-order valence-electron chi connectivity index (χ0n) is 41.3. The number of nitrogens with two attached hydrogens (primary N) is 1. The Morgan fingerprint density at radius 1 is 0.658 bits per heavy atom. The van der Waals surface area contributed by atoms with E-state index in [1.165, 1.54) is 50.6 Å².